The Kier molecular flexibility index (Phi) is 6.37. The first kappa shape index (κ1) is 15.2. The van der Waals surface area contributed by atoms with E-state index in [4.69, 9.17) is 0 Å². The third kappa shape index (κ3) is 5.65. The lowest BCUT2D eigenvalue weighted by molar-refractivity contribution is 0.205. The molecular weight excluding hydrogens is 220 g/mol. The van der Waals surface area contributed by atoms with Gasteiger partial charge in [-0.05, 0) is 38.5 Å². The Morgan fingerprint density at radius 1 is 0.889 bits per heavy atom. The molecule has 0 saturated heterocycles. The van der Waals surface area contributed by atoms with E-state index >= 15 is 0 Å². The van der Waals surface area contributed by atoms with Gasteiger partial charge in [-0.25, -0.2) is 0 Å². The first-order valence-corrected chi connectivity index (χ1v) is 6.86. The molecule has 0 amide bonds. The zero-order valence-corrected chi connectivity index (χ0v) is 12.6. The predicted octanol–water partition coefficient (Wildman–Crippen LogP) is 2.95. The van der Waals surface area contributed by atoms with Crippen molar-refractivity contribution >= 4 is 0 Å². The third-order valence-electron chi connectivity index (χ3n) is 3.52. The second-order valence-electron chi connectivity index (χ2n) is 5.90. The Morgan fingerprint density at radius 2 is 1.44 bits per heavy atom. The molecule has 0 aliphatic rings. The Labute approximate surface area is 113 Å². The normalized spacial score (nSPS) is 15.1. The fourth-order valence-corrected chi connectivity index (χ4v) is 2.39. The molecule has 1 aromatic rings. The SMILES string of the molecule is CC(CN(C)C)C(C)CN(C)Cc1ccccc1. The van der Waals surface area contributed by atoms with Crippen LogP contribution in [0.1, 0.15) is 19.4 Å². The van der Waals surface area contributed by atoms with E-state index in [2.05, 4.69) is 75.1 Å². The molecule has 0 aliphatic heterocycles. The smallest absolute Gasteiger partial charge is 0.0230 e. The number of hydrogen-bond acceptors (Lipinski definition) is 2. The van der Waals surface area contributed by atoms with Gasteiger partial charge in [0.1, 0.15) is 0 Å². The maximum absolute atomic E-state index is 2.42. The van der Waals surface area contributed by atoms with Crippen LogP contribution >= 0.6 is 0 Å². The average Bonchev–Trinajstić information content (AvgIpc) is 2.29. The largest absolute Gasteiger partial charge is 0.309 e. The van der Waals surface area contributed by atoms with Crippen LogP contribution in [0.25, 0.3) is 0 Å². The number of hydrogen-bond donors (Lipinski definition) is 0. The fraction of sp³-hybridized carbons (Fsp3) is 0.625. The summed E-state index contributed by atoms with van der Waals surface area (Å²) >= 11 is 0. The second kappa shape index (κ2) is 7.55. The van der Waals surface area contributed by atoms with Crippen molar-refractivity contribution < 1.29 is 0 Å². The molecule has 0 heterocycles. The summed E-state index contributed by atoms with van der Waals surface area (Å²) in [6.07, 6.45) is 0. The number of nitrogens with zero attached hydrogens (tertiary/aromatic N) is 2. The Hall–Kier alpha value is -0.860. The minimum atomic E-state index is 0.723. The van der Waals surface area contributed by atoms with Gasteiger partial charge in [0.15, 0.2) is 0 Å². The van der Waals surface area contributed by atoms with Gasteiger partial charge >= 0.3 is 0 Å². The van der Waals surface area contributed by atoms with Gasteiger partial charge in [-0.1, -0.05) is 44.2 Å². The topological polar surface area (TPSA) is 6.48 Å². The van der Waals surface area contributed by atoms with Crippen LogP contribution in [0.4, 0.5) is 0 Å². The van der Waals surface area contributed by atoms with E-state index in [1.165, 1.54) is 12.1 Å². The van der Waals surface area contributed by atoms with Crippen molar-refractivity contribution in [2.75, 3.05) is 34.2 Å². The molecule has 18 heavy (non-hydrogen) atoms. The maximum Gasteiger partial charge on any atom is 0.0230 e. The van der Waals surface area contributed by atoms with Gasteiger partial charge in [0.05, 0.1) is 0 Å². The summed E-state index contributed by atoms with van der Waals surface area (Å²) in [5.74, 6) is 1.46. The molecule has 0 aliphatic carbocycles. The van der Waals surface area contributed by atoms with Gasteiger partial charge in [-0.2, -0.15) is 0 Å². The lowest BCUT2D eigenvalue weighted by Gasteiger charge is -2.27. The summed E-state index contributed by atoms with van der Waals surface area (Å²) in [6, 6.07) is 10.7. The Balaban J connectivity index is 2.37. The fourth-order valence-electron chi connectivity index (χ4n) is 2.39. The highest BCUT2D eigenvalue weighted by Crippen LogP contribution is 2.14. The van der Waals surface area contributed by atoms with Crippen molar-refractivity contribution in [2.45, 2.75) is 20.4 Å². The Bertz CT molecular complexity index is 321. The van der Waals surface area contributed by atoms with Crippen molar-refractivity contribution in [3.8, 4) is 0 Å². The first-order chi connectivity index (χ1) is 8.49. The molecule has 0 bridgehead atoms. The van der Waals surface area contributed by atoms with Crippen LogP contribution in [0.15, 0.2) is 30.3 Å². The highest BCUT2D eigenvalue weighted by molar-refractivity contribution is 5.14. The monoisotopic (exact) mass is 248 g/mol. The molecular formula is C16H28N2. The van der Waals surface area contributed by atoms with Gasteiger partial charge in [0, 0.05) is 19.6 Å². The Morgan fingerprint density at radius 3 is 2.00 bits per heavy atom. The van der Waals surface area contributed by atoms with E-state index < -0.39 is 0 Å². The van der Waals surface area contributed by atoms with Crippen LogP contribution in [-0.4, -0.2) is 44.0 Å². The van der Waals surface area contributed by atoms with Crippen LogP contribution < -0.4 is 0 Å². The highest BCUT2D eigenvalue weighted by Gasteiger charge is 2.15. The zero-order chi connectivity index (χ0) is 13.5. The summed E-state index contributed by atoms with van der Waals surface area (Å²) in [5, 5.41) is 0. The van der Waals surface area contributed by atoms with Crippen molar-refractivity contribution in [1.29, 1.82) is 0 Å². The van der Waals surface area contributed by atoms with E-state index in [0.717, 1.165) is 24.9 Å². The molecule has 2 nitrogen and oxygen atoms in total. The molecule has 2 unspecified atom stereocenters. The standard InChI is InChI=1S/C16H28N2/c1-14(11-17(3)4)15(2)12-18(5)13-16-9-7-6-8-10-16/h6-10,14-15H,11-13H2,1-5H3. The molecule has 0 radical (unpaired) electrons. The summed E-state index contributed by atoms with van der Waals surface area (Å²) < 4.78 is 0. The lowest BCUT2D eigenvalue weighted by Crippen LogP contribution is -2.31. The van der Waals surface area contributed by atoms with Crippen molar-refractivity contribution in [2.24, 2.45) is 11.8 Å². The zero-order valence-electron chi connectivity index (χ0n) is 12.6. The minimum absolute atomic E-state index is 0.723. The predicted molar refractivity (Wildman–Crippen MR) is 79.7 cm³/mol. The minimum Gasteiger partial charge on any atom is -0.309 e. The highest BCUT2D eigenvalue weighted by atomic mass is 15.1. The maximum atomic E-state index is 2.42. The quantitative estimate of drug-likeness (QED) is 0.732. The molecule has 0 spiro atoms. The molecule has 2 atom stereocenters. The molecule has 0 aromatic heterocycles. The van der Waals surface area contributed by atoms with E-state index in [-0.39, 0.29) is 0 Å². The van der Waals surface area contributed by atoms with E-state index in [1.807, 2.05) is 0 Å². The molecule has 2 heteroatoms. The van der Waals surface area contributed by atoms with Crippen LogP contribution in [0.5, 0.6) is 0 Å². The number of benzene rings is 1. The van der Waals surface area contributed by atoms with E-state index in [1.54, 1.807) is 0 Å². The van der Waals surface area contributed by atoms with Crippen LogP contribution in [0, 0.1) is 11.8 Å². The van der Waals surface area contributed by atoms with Gasteiger partial charge in [-0.15, -0.1) is 0 Å². The van der Waals surface area contributed by atoms with Gasteiger partial charge < -0.3 is 9.80 Å². The van der Waals surface area contributed by atoms with Crippen molar-refractivity contribution in [3.05, 3.63) is 35.9 Å². The first-order valence-electron chi connectivity index (χ1n) is 6.86. The average molecular weight is 248 g/mol. The van der Waals surface area contributed by atoms with Crippen LogP contribution in [-0.2, 0) is 6.54 Å². The van der Waals surface area contributed by atoms with Gasteiger partial charge in [0.2, 0.25) is 0 Å². The third-order valence-corrected chi connectivity index (χ3v) is 3.52. The van der Waals surface area contributed by atoms with E-state index in [9.17, 15) is 0 Å². The summed E-state index contributed by atoms with van der Waals surface area (Å²) in [5.41, 5.74) is 1.40. The van der Waals surface area contributed by atoms with Gasteiger partial charge in [0.25, 0.3) is 0 Å². The molecule has 0 fully saturated rings. The summed E-state index contributed by atoms with van der Waals surface area (Å²) in [4.78, 5) is 4.70. The molecule has 1 aromatic carbocycles. The van der Waals surface area contributed by atoms with E-state index in [0.29, 0.717) is 0 Å². The van der Waals surface area contributed by atoms with Crippen molar-refractivity contribution in [3.63, 3.8) is 0 Å². The van der Waals surface area contributed by atoms with Crippen molar-refractivity contribution in [1.82, 2.24) is 9.80 Å². The molecule has 102 valence electrons. The molecule has 0 saturated carbocycles. The van der Waals surface area contributed by atoms with Gasteiger partial charge in [-0.3, -0.25) is 0 Å². The summed E-state index contributed by atoms with van der Waals surface area (Å²) in [6.45, 7) is 8.07. The molecule has 0 N–H and O–H groups in total. The number of rotatable bonds is 7. The second-order valence-corrected chi connectivity index (χ2v) is 5.90. The van der Waals surface area contributed by atoms with Crippen LogP contribution in [0.2, 0.25) is 0 Å². The molecule has 1 rings (SSSR count). The summed E-state index contributed by atoms with van der Waals surface area (Å²) in [7, 11) is 6.51. The lowest BCUT2D eigenvalue weighted by atomic mass is 9.95. The van der Waals surface area contributed by atoms with Crippen LogP contribution in [0.3, 0.4) is 0 Å².